The summed E-state index contributed by atoms with van der Waals surface area (Å²) in [5.74, 6) is 1.03. The molecule has 1 atom stereocenters. The molecule has 0 amide bonds. The molecule has 0 saturated carbocycles. The van der Waals surface area contributed by atoms with Crippen LogP contribution in [0.2, 0.25) is 5.02 Å². The third-order valence-corrected chi connectivity index (χ3v) is 4.40. The van der Waals surface area contributed by atoms with E-state index in [1.54, 1.807) is 0 Å². The van der Waals surface area contributed by atoms with E-state index in [1.807, 2.05) is 42.7 Å². The maximum Gasteiger partial charge on any atom is 0.139 e. The fourth-order valence-corrected chi connectivity index (χ4v) is 2.90. The SMILES string of the molecule is CC(NCCCn1ccnc1-c1ccccc1)c1ccc(Cl)cc1. The predicted molar refractivity (Wildman–Crippen MR) is 100 cm³/mol. The number of aromatic nitrogens is 2. The van der Waals surface area contributed by atoms with E-state index in [1.165, 1.54) is 5.56 Å². The molecule has 0 bridgehead atoms. The summed E-state index contributed by atoms with van der Waals surface area (Å²) in [4.78, 5) is 4.49. The van der Waals surface area contributed by atoms with Crippen molar-refractivity contribution in [2.75, 3.05) is 6.54 Å². The maximum absolute atomic E-state index is 5.94. The van der Waals surface area contributed by atoms with Gasteiger partial charge in [-0.25, -0.2) is 4.98 Å². The van der Waals surface area contributed by atoms with Gasteiger partial charge in [0.25, 0.3) is 0 Å². The standard InChI is InChI=1S/C20H22ClN3/c1-16(17-8-10-19(21)11-9-17)22-12-5-14-24-15-13-23-20(24)18-6-3-2-4-7-18/h2-4,6-11,13,15-16,22H,5,12,14H2,1H3. The van der Waals surface area contributed by atoms with E-state index in [4.69, 9.17) is 11.6 Å². The number of aryl methyl sites for hydroxylation is 1. The van der Waals surface area contributed by atoms with Crippen molar-refractivity contribution in [3.63, 3.8) is 0 Å². The van der Waals surface area contributed by atoms with E-state index in [0.29, 0.717) is 6.04 Å². The first-order valence-corrected chi connectivity index (χ1v) is 8.67. The maximum atomic E-state index is 5.94. The summed E-state index contributed by atoms with van der Waals surface area (Å²) in [5.41, 5.74) is 2.41. The van der Waals surface area contributed by atoms with Gasteiger partial charge in [0.2, 0.25) is 0 Å². The number of benzene rings is 2. The Morgan fingerprint density at radius 3 is 2.58 bits per heavy atom. The van der Waals surface area contributed by atoms with Crippen molar-refractivity contribution in [3.05, 3.63) is 77.6 Å². The van der Waals surface area contributed by atoms with Crippen LogP contribution in [0.3, 0.4) is 0 Å². The van der Waals surface area contributed by atoms with Crippen molar-refractivity contribution in [1.82, 2.24) is 14.9 Å². The first-order chi connectivity index (χ1) is 11.7. The van der Waals surface area contributed by atoms with Gasteiger partial charge in [0.15, 0.2) is 0 Å². The Kier molecular flexibility index (Phi) is 5.68. The van der Waals surface area contributed by atoms with Gasteiger partial charge < -0.3 is 9.88 Å². The summed E-state index contributed by atoms with van der Waals surface area (Å²) in [6.07, 6.45) is 4.96. The fraction of sp³-hybridized carbons (Fsp3) is 0.250. The van der Waals surface area contributed by atoms with Gasteiger partial charge in [0.05, 0.1) is 0 Å². The molecule has 3 aromatic rings. The number of nitrogens with zero attached hydrogens (tertiary/aromatic N) is 2. The molecule has 0 aliphatic carbocycles. The lowest BCUT2D eigenvalue weighted by molar-refractivity contribution is 0.528. The normalized spacial score (nSPS) is 12.2. The Hall–Kier alpha value is -2.10. The molecule has 1 heterocycles. The summed E-state index contributed by atoms with van der Waals surface area (Å²) in [7, 11) is 0. The van der Waals surface area contributed by atoms with Crippen LogP contribution in [0.1, 0.15) is 24.9 Å². The Bertz CT molecular complexity index is 750. The topological polar surface area (TPSA) is 29.9 Å². The summed E-state index contributed by atoms with van der Waals surface area (Å²) in [6.45, 7) is 4.08. The van der Waals surface area contributed by atoms with Crippen LogP contribution < -0.4 is 5.32 Å². The highest BCUT2D eigenvalue weighted by atomic mass is 35.5. The smallest absolute Gasteiger partial charge is 0.139 e. The molecule has 0 saturated heterocycles. The molecule has 1 aromatic heterocycles. The number of rotatable bonds is 7. The Balaban J connectivity index is 1.51. The molecule has 0 radical (unpaired) electrons. The van der Waals surface area contributed by atoms with Crippen LogP contribution in [0.25, 0.3) is 11.4 Å². The molecular weight excluding hydrogens is 318 g/mol. The zero-order valence-electron chi connectivity index (χ0n) is 13.8. The third kappa shape index (κ3) is 4.25. The first kappa shape index (κ1) is 16.7. The Labute approximate surface area is 148 Å². The lowest BCUT2D eigenvalue weighted by Gasteiger charge is -2.15. The molecular formula is C20H22ClN3. The molecule has 0 fully saturated rings. The van der Waals surface area contributed by atoms with E-state index in [-0.39, 0.29) is 0 Å². The number of imidazole rings is 1. The number of hydrogen-bond acceptors (Lipinski definition) is 2. The Morgan fingerprint density at radius 2 is 1.83 bits per heavy atom. The minimum absolute atomic E-state index is 0.318. The highest BCUT2D eigenvalue weighted by molar-refractivity contribution is 6.30. The number of halogens is 1. The van der Waals surface area contributed by atoms with Gasteiger partial charge in [-0.1, -0.05) is 54.1 Å². The molecule has 3 nitrogen and oxygen atoms in total. The molecule has 24 heavy (non-hydrogen) atoms. The molecule has 0 aliphatic heterocycles. The van der Waals surface area contributed by atoms with Crippen molar-refractivity contribution >= 4 is 11.6 Å². The first-order valence-electron chi connectivity index (χ1n) is 8.29. The van der Waals surface area contributed by atoms with Crippen LogP contribution >= 0.6 is 11.6 Å². The minimum Gasteiger partial charge on any atom is -0.331 e. The van der Waals surface area contributed by atoms with Gasteiger partial charge in [-0.3, -0.25) is 0 Å². The molecule has 0 spiro atoms. The van der Waals surface area contributed by atoms with E-state index < -0.39 is 0 Å². The number of nitrogens with one attached hydrogen (secondary N) is 1. The van der Waals surface area contributed by atoms with Gasteiger partial charge in [-0.05, 0) is 37.6 Å². The summed E-state index contributed by atoms with van der Waals surface area (Å²) in [6, 6.07) is 18.6. The third-order valence-electron chi connectivity index (χ3n) is 4.14. The minimum atomic E-state index is 0.318. The largest absolute Gasteiger partial charge is 0.331 e. The second-order valence-corrected chi connectivity index (χ2v) is 6.33. The van der Waals surface area contributed by atoms with Gasteiger partial charge in [0.1, 0.15) is 5.82 Å². The van der Waals surface area contributed by atoms with E-state index in [2.05, 4.69) is 46.1 Å². The second-order valence-electron chi connectivity index (χ2n) is 5.89. The quantitative estimate of drug-likeness (QED) is 0.617. The van der Waals surface area contributed by atoms with Crippen LogP contribution in [0.4, 0.5) is 0 Å². The van der Waals surface area contributed by atoms with Crippen molar-refractivity contribution in [2.45, 2.75) is 25.9 Å². The lowest BCUT2D eigenvalue weighted by Crippen LogP contribution is -2.21. The van der Waals surface area contributed by atoms with Crippen molar-refractivity contribution in [1.29, 1.82) is 0 Å². The zero-order chi connectivity index (χ0) is 16.8. The van der Waals surface area contributed by atoms with Gasteiger partial charge in [-0.2, -0.15) is 0 Å². The second kappa shape index (κ2) is 8.13. The Morgan fingerprint density at radius 1 is 1.08 bits per heavy atom. The summed E-state index contributed by atoms with van der Waals surface area (Å²) in [5, 5.41) is 4.34. The summed E-state index contributed by atoms with van der Waals surface area (Å²) < 4.78 is 2.21. The number of hydrogen-bond donors (Lipinski definition) is 1. The van der Waals surface area contributed by atoms with Crippen LogP contribution in [0.15, 0.2) is 67.0 Å². The lowest BCUT2D eigenvalue weighted by atomic mass is 10.1. The van der Waals surface area contributed by atoms with Gasteiger partial charge >= 0.3 is 0 Å². The fourth-order valence-electron chi connectivity index (χ4n) is 2.77. The monoisotopic (exact) mass is 339 g/mol. The van der Waals surface area contributed by atoms with Crippen molar-refractivity contribution < 1.29 is 0 Å². The highest BCUT2D eigenvalue weighted by Gasteiger charge is 2.06. The molecule has 4 heteroatoms. The van der Waals surface area contributed by atoms with E-state index in [0.717, 1.165) is 35.9 Å². The average Bonchev–Trinajstić information content (AvgIpc) is 3.08. The average molecular weight is 340 g/mol. The van der Waals surface area contributed by atoms with Crippen LogP contribution in [-0.2, 0) is 6.54 Å². The van der Waals surface area contributed by atoms with Crippen molar-refractivity contribution in [3.8, 4) is 11.4 Å². The highest BCUT2D eigenvalue weighted by Crippen LogP contribution is 2.18. The van der Waals surface area contributed by atoms with E-state index >= 15 is 0 Å². The summed E-state index contributed by atoms with van der Waals surface area (Å²) >= 11 is 5.94. The van der Waals surface area contributed by atoms with Crippen molar-refractivity contribution in [2.24, 2.45) is 0 Å². The molecule has 0 aliphatic rings. The molecule has 3 rings (SSSR count). The molecule has 1 unspecified atom stereocenters. The van der Waals surface area contributed by atoms with Gasteiger partial charge in [-0.15, -0.1) is 0 Å². The van der Waals surface area contributed by atoms with Gasteiger partial charge in [0, 0.05) is 35.6 Å². The molecule has 1 N–H and O–H groups in total. The van der Waals surface area contributed by atoms with E-state index in [9.17, 15) is 0 Å². The van der Waals surface area contributed by atoms with Crippen LogP contribution in [0, 0.1) is 0 Å². The zero-order valence-corrected chi connectivity index (χ0v) is 14.6. The van der Waals surface area contributed by atoms with Crippen LogP contribution in [0.5, 0.6) is 0 Å². The molecule has 124 valence electrons. The van der Waals surface area contributed by atoms with Crippen LogP contribution in [-0.4, -0.2) is 16.1 Å². The molecule has 2 aromatic carbocycles. The predicted octanol–water partition coefficient (Wildman–Crippen LogP) is 4.94.